The number of carboxylic acids is 1. The fourth-order valence-electron chi connectivity index (χ4n) is 3.93. The van der Waals surface area contributed by atoms with E-state index < -0.39 is 5.97 Å². The Morgan fingerprint density at radius 3 is 2.00 bits per heavy atom. The van der Waals surface area contributed by atoms with Gasteiger partial charge < -0.3 is 14.6 Å². The van der Waals surface area contributed by atoms with Crippen molar-refractivity contribution in [3.05, 3.63) is 101 Å². The molecule has 0 fully saturated rings. The number of carboxylic acid groups (broad SMARTS) is 1. The standard InChI is InChI=1S/C24H20O4/c1-27-19-13-17-18(14-20(19)28-2)22(16-11-7-4-8-12-16)23(24(25)26)21(17)15-9-5-3-6-10-15/h3-14,21H,1-2H3,(H,25,26). The molecule has 140 valence electrons. The molecular weight excluding hydrogens is 352 g/mol. The van der Waals surface area contributed by atoms with Crippen LogP contribution in [0.2, 0.25) is 0 Å². The zero-order valence-corrected chi connectivity index (χ0v) is 15.7. The Hall–Kier alpha value is -3.53. The van der Waals surface area contributed by atoms with Crippen molar-refractivity contribution in [1.29, 1.82) is 0 Å². The van der Waals surface area contributed by atoms with Gasteiger partial charge >= 0.3 is 5.97 Å². The van der Waals surface area contributed by atoms with E-state index in [1.54, 1.807) is 14.2 Å². The molecule has 0 heterocycles. The van der Waals surface area contributed by atoms with Crippen molar-refractivity contribution in [2.24, 2.45) is 0 Å². The molecule has 0 aromatic heterocycles. The molecule has 1 aliphatic rings. The summed E-state index contributed by atoms with van der Waals surface area (Å²) in [7, 11) is 3.16. The summed E-state index contributed by atoms with van der Waals surface area (Å²) in [6.45, 7) is 0. The fraction of sp³-hybridized carbons (Fsp3) is 0.125. The van der Waals surface area contributed by atoms with E-state index in [1.165, 1.54) is 0 Å². The molecule has 0 saturated heterocycles. The molecule has 4 rings (SSSR count). The number of methoxy groups -OCH3 is 2. The maximum absolute atomic E-state index is 12.4. The highest BCUT2D eigenvalue weighted by atomic mass is 16.5. The van der Waals surface area contributed by atoms with Crippen molar-refractivity contribution >= 4 is 11.5 Å². The first-order valence-corrected chi connectivity index (χ1v) is 8.99. The van der Waals surface area contributed by atoms with Crippen LogP contribution in [0.4, 0.5) is 0 Å². The third-order valence-electron chi connectivity index (χ3n) is 5.12. The second-order valence-corrected chi connectivity index (χ2v) is 6.60. The van der Waals surface area contributed by atoms with Crippen molar-refractivity contribution < 1.29 is 19.4 Å². The van der Waals surface area contributed by atoms with Gasteiger partial charge in [0, 0.05) is 11.5 Å². The average molecular weight is 372 g/mol. The van der Waals surface area contributed by atoms with Gasteiger partial charge in [0.25, 0.3) is 0 Å². The average Bonchev–Trinajstić information content (AvgIpc) is 3.08. The third kappa shape index (κ3) is 2.83. The van der Waals surface area contributed by atoms with E-state index >= 15 is 0 Å². The summed E-state index contributed by atoms with van der Waals surface area (Å²) in [5, 5.41) is 10.2. The maximum Gasteiger partial charge on any atom is 0.333 e. The van der Waals surface area contributed by atoms with E-state index in [2.05, 4.69) is 0 Å². The van der Waals surface area contributed by atoms with Crippen molar-refractivity contribution in [2.75, 3.05) is 14.2 Å². The van der Waals surface area contributed by atoms with Crippen LogP contribution in [-0.2, 0) is 4.79 Å². The summed E-state index contributed by atoms with van der Waals surface area (Å²) < 4.78 is 11.0. The van der Waals surface area contributed by atoms with E-state index in [9.17, 15) is 9.90 Å². The van der Waals surface area contributed by atoms with Crippen LogP contribution in [-0.4, -0.2) is 25.3 Å². The largest absolute Gasteiger partial charge is 0.493 e. The lowest BCUT2D eigenvalue weighted by atomic mass is 9.88. The van der Waals surface area contributed by atoms with Crippen LogP contribution in [0.5, 0.6) is 11.5 Å². The number of hydrogen-bond acceptors (Lipinski definition) is 3. The molecule has 1 N–H and O–H groups in total. The van der Waals surface area contributed by atoms with Gasteiger partial charge in [-0.3, -0.25) is 0 Å². The number of fused-ring (bicyclic) bond motifs is 1. The molecule has 1 unspecified atom stereocenters. The van der Waals surface area contributed by atoms with Gasteiger partial charge in [-0.1, -0.05) is 60.7 Å². The van der Waals surface area contributed by atoms with Crippen LogP contribution in [0.25, 0.3) is 5.57 Å². The number of carbonyl (C=O) groups is 1. The van der Waals surface area contributed by atoms with E-state index in [4.69, 9.17) is 9.47 Å². The van der Waals surface area contributed by atoms with Gasteiger partial charge in [0.05, 0.1) is 19.8 Å². The fourth-order valence-corrected chi connectivity index (χ4v) is 3.93. The molecule has 0 bridgehead atoms. The molecule has 0 saturated carbocycles. The second-order valence-electron chi connectivity index (χ2n) is 6.60. The summed E-state index contributed by atoms with van der Waals surface area (Å²) >= 11 is 0. The van der Waals surface area contributed by atoms with Gasteiger partial charge in [-0.15, -0.1) is 0 Å². The monoisotopic (exact) mass is 372 g/mol. The summed E-state index contributed by atoms with van der Waals surface area (Å²) in [6.07, 6.45) is 0. The van der Waals surface area contributed by atoms with Gasteiger partial charge in [-0.05, 0) is 34.4 Å². The van der Waals surface area contributed by atoms with E-state index in [0.717, 1.165) is 27.8 Å². The normalized spacial score (nSPS) is 15.3. The molecule has 1 aliphatic carbocycles. The lowest BCUT2D eigenvalue weighted by Crippen LogP contribution is -2.10. The summed E-state index contributed by atoms with van der Waals surface area (Å²) in [5.41, 5.74) is 4.64. The predicted octanol–water partition coefficient (Wildman–Crippen LogP) is 4.74. The Bertz CT molecular complexity index is 1050. The minimum absolute atomic E-state index is 0.364. The third-order valence-corrected chi connectivity index (χ3v) is 5.12. The summed E-state index contributed by atoms with van der Waals surface area (Å²) in [5.74, 6) is -0.153. The molecule has 4 heteroatoms. The molecule has 4 nitrogen and oxygen atoms in total. The number of hydrogen-bond donors (Lipinski definition) is 1. The molecule has 0 aliphatic heterocycles. The van der Waals surface area contributed by atoms with Gasteiger partial charge in [0.15, 0.2) is 11.5 Å². The smallest absolute Gasteiger partial charge is 0.333 e. The Kier molecular flexibility index (Phi) is 4.62. The minimum atomic E-state index is -0.929. The quantitative estimate of drug-likeness (QED) is 0.703. The zero-order valence-electron chi connectivity index (χ0n) is 15.7. The molecule has 28 heavy (non-hydrogen) atoms. The van der Waals surface area contributed by atoms with Crippen molar-refractivity contribution in [3.63, 3.8) is 0 Å². The van der Waals surface area contributed by atoms with Crippen LogP contribution in [0.1, 0.15) is 28.2 Å². The van der Waals surface area contributed by atoms with E-state index in [-0.39, 0.29) is 5.92 Å². The van der Waals surface area contributed by atoms with Gasteiger partial charge in [0.1, 0.15) is 0 Å². The zero-order chi connectivity index (χ0) is 19.7. The van der Waals surface area contributed by atoms with Crippen molar-refractivity contribution in [3.8, 4) is 11.5 Å². The van der Waals surface area contributed by atoms with Crippen LogP contribution in [0.15, 0.2) is 78.4 Å². The molecular formula is C24H20O4. The second kappa shape index (κ2) is 7.24. The predicted molar refractivity (Wildman–Crippen MR) is 108 cm³/mol. The SMILES string of the molecule is COc1cc2c(cc1OC)C(c1ccccc1)C(C(=O)O)=C2c1ccccc1. The molecule has 1 atom stereocenters. The Morgan fingerprint density at radius 1 is 0.857 bits per heavy atom. The Balaban J connectivity index is 2.07. The van der Waals surface area contributed by atoms with Crippen LogP contribution < -0.4 is 9.47 Å². The number of aliphatic carboxylic acids is 1. The van der Waals surface area contributed by atoms with Gasteiger partial charge in [0.2, 0.25) is 0 Å². The molecule has 3 aromatic rings. The molecule has 0 amide bonds. The van der Waals surface area contributed by atoms with Crippen LogP contribution in [0.3, 0.4) is 0 Å². The summed E-state index contributed by atoms with van der Waals surface area (Å²) in [6, 6.07) is 23.1. The highest BCUT2D eigenvalue weighted by Gasteiger charge is 2.38. The Morgan fingerprint density at radius 2 is 1.43 bits per heavy atom. The highest BCUT2D eigenvalue weighted by Crippen LogP contribution is 2.51. The van der Waals surface area contributed by atoms with Crippen molar-refractivity contribution in [2.45, 2.75) is 5.92 Å². The minimum Gasteiger partial charge on any atom is -0.493 e. The van der Waals surface area contributed by atoms with Crippen LogP contribution >= 0.6 is 0 Å². The van der Waals surface area contributed by atoms with Gasteiger partial charge in [-0.2, -0.15) is 0 Å². The molecule has 3 aromatic carbocycles. The number of benzene rings is 3. The maximum atomic E-state index is 12.4. The molecule has 0 spiro atoms. The van der Waals surface area contributed by atoms with Crippen LogP contribution in [0, 0.1) is 0 Å². The number of rotatable bonds is 5. The first kappa shape index (κ1) is 17.9. The van der Waals surface area contributed by atoms with Crippen molar-refractivity contribution in [1.82, 2.24) is 0 Å². The topological polar surface area (TPSA) is 55.8 Å². The number of ether oxygens (including phenoxy) is 2. The first-order valence-electron chi connectivity index (χ1n) is 8.99. The van der Waals surface area contributed by atoms with Gasteiger partial charge in [-0.25, -0.2) is 4.79 Å². The lowest BCUT2D eigenvalue weighted by molar-refractivity contribution is -0.132. The molecule has 0 radical (unpaired) electrons. The summed E-state index contributed by atoms with van der Waals surface area (Å²) in [4.78, 5) is 12.4. The van der Waals surface area contributed by atoms with E-state index in [1.807, 2.05) is 72.8 Å². The lowest BCUT2D eigenvalue weighted by Gasteiger charge is -2.17. The Labute approximate surface area is 163 Å². The van der Waals surface area contributed by atoms with E-state index in [0.29, 0.717) is 17.1 Å². The first-order chi connectivity index (χ1) is 13.7. The highest BCUT2D eigenvalue weighted by molar-refractivity contribution is 6.07.